The Bertz CT molecular complexity index is 255. The van der Waals surface area contributed by atoms with Crippen molar-refractivity contribution in [3.8, 4) is 0 Å². The minimum absolute atomic E-state index is 0.480. The largest absolute Gasteiger partial charge is 0.312 e. The molecular weight excluding hydrogens is 196 g/mol. The first-order valence-corrected chi connectivity index (χ1v) is 7.18. The SMILES string of the molecule is CC1(C)CNC2CCCN(C3CCCC3)C21. The van der Waals surface area contributed by atoms with Gasteiger partial charge in [0, 0.05) is 24.7 Å². The van der Waals surface area contributed by atoms with Crippen LogP contribution in [0.3, 0.4) is 0 Å². The molecule has 2 heteroatoms. The molecule has 2 aliphatic heterocycles. The molecule has 2 saturated heterocycles. The molecule has 0 amide bonds. The first kappa shape index (κ1) is 11.0. The zero-order valence-corrected chi connectivity index (χ0v) is 10.8. The third-order valence-corrected chi connectivity index (χ3v) is 5.08. The Labute approximate surface area is 99.8 Å². The summed E-state index contributed by atoms with van der Waals surface area (Å²) in [5.74, 6) is 0. The molecular formula is C14H26N2. The molecule has 0 aromatic carbocycles. The number of hydrogen-bond acceptors (Lipinski definition) is 2. The van der Waals surface area contributed by atoms with Gasteiger partial charge in [-0.3, -0.25) is 4.90 Å². The highest BCUT2D eigenvalue weighted by Gasteiger charge is 2.48. The van der Waals surface area contributed by atoms with Crippen LogP contribution >= 0.6 is 0 Å². The van der Waals surface area contributed by atoms with E-state index in [1.165, 1.54) is 51.6 Å². The van der Waals surface area contributed by atoms with Crippen molar-refractivity contribution < 1.29 is 0 Å². The predicted octanol–water partition coefficient (Wildman–Crippen LogP) is 2.39. The third kappa shape index (κ3) is 1.70. The van der Waals surface area contributed by atoms with Crippen molar-refractivity contribution in [3.63, 3.8) is 0 Å². The molecule has 92 valence electrons. The maximum absolute atomic E-state index is 3.76. The van der Waals surface area contributed by atoms with E-state index in [9.17, 15) is 0 Å². The van der Waals surface area contributed by atoms with Crippen molar-refractivity contribution in [2.45, 2.75) is 70.5 Å². The number of nitrogens with one attached hydrogen (secondary N) is 1. The van der Waals surface area contributed by atoms with E-state index in [0.29, 0.717) is 5.41 Å². The molecule has 0 aromatic heterocycles. The monoisotopic (exact) mass is 222 g/mol. The maximum atomic E-state index is 3.76. The Kier molecular flexibility index (Phi) is 2.75. The molecule has 3 rings (SSSR count). The Balaban J connectivity index is 1.80. The molecule has 2 unspecified atom stereocenters. The summed E-state index contributed by atoms with van der Waals surface area (Å²) in [7, 11) is 0. The van der Waals surface area contributed by atoms with E-state index in [1.54, 1.807) is 0 Å². The first-order chi connectivity index (χ1) is 7.68. The van der Waals surface area contributed by atoms with Crippen LogP contribution in [0.15, 0.2) is 0 Å². The van der Waals surface area contributed by atoms with Crippen molar-refractivity contribution >= 4 is 0 Å². The van der Waals surface area contributed by atoms with Gasteiger partial charge in [-0.05, 0) is 37.6 Å². The van der Waals surface area contributed by atoms with Gasteiger partial charge in [-0.25, -0.2) is 0 Å². The van der Waals surface area contributed by atoms with Crippen LogP contribution in [0.4, 0.5) is 0 Å². The fraction of sp³-hybridized carbons (Fsp3) is 1.00. The summed E-state index contributed by atoms with van der Waals surface area (Å²) < 4.78 is 0. The second-order valence-electron chi connectivity index (χ2n) is 6.74. The number of piperidine rings is 1. The molecule has 1 aliphatic carbocycles. The number of rotatable bonds is 1. The van der Waals surface area contributed by atoms with Crippen LogP contribution in [0.1, 0.15) is 52.4 Å². The molecule has 0 radical (unpaired) electrons. The second kappa shape index (κ2) is 3.99. The van der Waals surface area contributed by atoms with E-state index < -0.39 is 0 Å². The zero-order valence-electron chi connectivity index (χ0n) is 10.8. The van der Waals surface area contributed by atoms with E-state index in [1.807, 2.05) is 0 Å². The molecule has 2 heterocycles. The second-order valence-corrected chi connectivity index (χ2v) is 6.74. The van der Waals surface area contributed by atoms with Crippen molar-refractivity contribution in [1.82, 2.24) is 10.2 Å². The molecule has 2 atom stereocenters. The summed E-state index contributed by atoms with van der Waals surface area (Å²) in [4.78, 5) is 2.88. The topological polar surface area (TPSA) is 15.3 Å². The van der Waals surface area contributed by atoms with E-state index in [4.69, 9.17) is 0 Å². The highest BCUT2D eigenvalue weighted by Crippen LogP contribution is 2.40. The van der Waals surface area contributed by atoms with Crippen LogP contribution in [0.25, 0.3) is 0 Å². The first-order valence-electron chi connectivity index (χ1n) is 7.18. The lowest BCUT2D eigenvalue weighted by molar-refractivity contribution is 0.0392. The van der Waals surface area contributed by atoms with Crippen molar-refractivity contribution in [3.05, 3.63) is 0 Å². The average molecular weight is 222 g/mol. The Morgan fingerprint density at radius 1 is 1.06 bits per heavy atom. The van der Waals surface area contributed by atoms with Crippen LogP contribution in [0.2, 0.25) is 0 Å². The summed E-state index contributed by atoms with van der Waals surface area (Å²) in [6, 6.07) is 2.50. The number of likely N-dealkylation sites (tertiary alicyclic amines) is 1. The van der Waals surface area contributed by atoms with E-state index in [2.05, 4.69) is 24.1 Å². The average Bonchev–Trinajstić information content (AvgIpc) is 2.87. The highest BCUT2D eigenvalue weighted by molar-refractivity contribution is 5.06. The summed E-state index contributed by atoms with van der Waals surface area (Å²) in [6.07, 6.45) is 8.65. The maximum Gasteiger partial charge on any atom is 0.0315 e. The fourth-order valence-corrected chi connectivity index (χ4v) is 4.37. The lowest BCUT2D eigenvalue weighted by atomic mass is 9.79. The van der Waals surface area contributed by atoms with Crippen molar-refractivity contribution in [2.24, 2.45) is 5.41 Å². The van der Waals surface area contributed by atoms with Crippen LogP contribution in [0, 0.1) is 5.41 Å². The van der Waals surface area contributed by atoms with Gasteiger partial charge >= 0.3 is 0 Å². The minimum Gasteiger partial charge on any atom is -0.312 e. The molecule has 0 aromatic rings. The fourth-order valence-electron chi connectivity index (χ4n) is 4.37. The smallest absolute Gasteiger partial charge is 0.0315 e. The lowest BCUT2D eigenvalue weighted by Crippen LogP contribution is -2.56. The third-order valence-electron chi connectivity index (χ3n) is 5.08. The van der Waals surface area contributed by atoms with Crippen molar-refractivity contribution in [1.29, 1.82) is 0 Å². The van der Waals surface area contributed by atoms with Crippen LogP contribution in [-0.2, 0) is 0 Å². The Morgan fingerprint density at radius 2 is 1.81 bits per heavy atom. The number of fused-ring (bicyclic) bond motifs is 1. The zero-order chi connectivity index (χ0) is 11.2. The quantitative estimate of drug-likeness (QED) is 0.733. The van der Waals surface area contributed by atoms with Gasteiger partial charge in [0.1, 0.15) is 0 Å². The number of hydrogen-bond donors (Lipinski definition) is 1. The van der Waals surface area contributed by atoms with Crippen molar-refractivity contribution in [2.75, 3.05) is 13.1 Å². The van der Waals surface area contributed by atoms with Crippen LogP contribution in [-0.4, -0.2) is 36.1 Å². The number of nitrogens with zero attached hydrogens (tertiary/aromatic N) is 1. The van der Waals surface area contributed by atoms with Crippen LogP contribution < -0.4 is 5.32 Å². The molecule has 1 N–H and O–H groups in total. The van der Waals surface area contributed by atoms with E-state index in [0.717, 1.165) is 18.1 Å². The molecule has 1 saturated carbocycles. The Morgan fingerprint density at radius 3 is 2.56 bits per heavy atom. The standard InChI is InChI=1S/C14H26N2/c1-14(2)10-15-12-8-5-9-16(13(12)14)11-6-3-4-7-11/h11-13,15H,3-10H2,1-2H3. The molecule has 2 nitrogen and oxygen atoms in total. The van der Waals surface area contributed by atoms with Crippen LogP contribution in [0.5, 0.6) is 0 Å². The molecule has 0 bridgehead atoms. The minimum atomic E-state index is 0.480. The Hall–Kier alpha value is -0.0800. The van der Waals surface area contributed by atoms with E-state index >= 15 is 0 Å². The van der Waals surface area contributed by atoms with Gasteiger partial charge in [-0.1, -0.05) is 26.7 Å². The molecule has 3 fully saturated rings. The van der Waals surface area contributed by atoms with Gasteiger partial charge < -0.3 is 5.32 Å². The van der Waals surface area contributed by atoms with Gasteiger partial charge in [0.25, 0.3) is 0 Å². The summed E-state index contributed by atoms with van der Waals surface area (Å²) in [5, 5.41) is 3.76. The molecule has 3 aliphatic rings. The van der Waals surface area contributed by atoms with Gasteiger partial charge in [-0.2, -0.15) is 0 Å². The highest BCUT2D eigenvalue weighted by atomic mass is 15.3. The molecule has 0 spiro atoms. The van der Waals surface area contributed by atoms with Gasteiger partial charge in [0.15, 0.2) is 0 Å². The van der Waals surface area contributed by atoms with Gasteiger partial charge in [0.05, 0.1) is 0 Å². The van der Waals surface area contributed by atoms with E-state index in [-0.39, 0.29) is 0 Å². The summed E-state index contributed by atoms with van der Waals surface area (Å²) in [5.41, 5.74) is 0.480. The molecule has 16 heavy (non-hydrogen) atoms. The lowest BCUT2D eigenvalue weighted by Gasteiger charge is -2.46. The predicted molar refractivity (Wildman–Crippen MR) is 67.6 cm³/mol. The van der Waals surface area contributed by atoms with Gasteiger partial charge in [-0.15, -0.1) is 0 Å². The summed E-state index contributed by atoms with van der Waals surface area (Å²) in [6.45, 7) is 7.48. The summed E-state index contributed by atoms with van der Waals surface area (Å²) >= 11 is 0. The van der Waals surface area contributed by atoms with Gasteiger partial charge in [0.2, 0.25) is 0 Å². The normalized spacial score (nSPS) is 40.1.